The molecule has 1 amide bonds. The maximum Gasteiger partial charge on any atom is 0.290 e. The minimum atomic E-state index is -0.622. The van der Waals surface area contributed by atoms with Gasteiger partial charge in [0.05, 0.1) is 16.3 Å². The fraction of sp³-hybridized carbons (Fsp3) is 0.0588. The maximum atomic E-state index is 13.8. The zero-order valence-corrected chi connectivity index (χ0v) is 16.4. The van der Waals surface area contributed by atoms with Gasteiger partial charge < -0.3 is 5.32 Å². The highest BCUT2D eigenvalue weighted by atomic mass is 35.5. The van der Waals surface area contributed by atoms with Crippen LogP contribution in [0, 0.1) is 5.82 Å². The average Bonchev–Trinajstić information content (AvgIpc) is 3.33. The molecule has 11 heteroatoms. The molecule has 0 fully saturated rings. The normalized spacial score (nSPS) is 11.1. The number of hydrogen-bond acceptors (Lipinski definition) is 6. The average molecular weight is 436 g/mol. The van der Waals surface area contributed by atoms with Crippen LogP contribution in [0.25, 0.3) is 16.1 Å². The number of nitrogens with zero attached hydrogens (tertiary/aromatic N) is 3. The number of benzene rings is 1. The molecule has 0 atom stereocenters. The lowest BCUT2D eigenvalue weighted by Crippen LogP contribution is -2.17. The number of carbonyl (C=O) groups is 1. The van der Waals surface area contributed by atoms with Crippen molar-refractivity contribution in [2.24, 2.45) is 0 Å². The first kappa shape index (κ1) is 18.7. The Hall–Kier alpha value is -2.69. The van der Waals surface area contributed by atoms with E-state index in [1.807, 2.05) is 17.5 Å². The number of thiophene rings is 1. The van der Waals surface area contributed by atoms with Gasteiger partial charge in [0.1, 0.15) is 17.0 Å². The van der Waals surface area contributed by atoms with Crippen LogP contribution < -0.4 is 10.9 Å². The van der Waals surface area contributed by atoms with Gasteiger partial charge in [-0.15, -0.1) is 16.4 Å². The molecule has 0 saturated carbocycles. The predicted octanol–water partition coefficient (Wildman–Crippen LogP) is 3.67. The van der Waals surface area contributed by atoms with Crippen molar-refractivity contribution in [1.82, 2.24) is 19.8 Å². The molecule has 0 radical (unpaired) electrons. The van der Waals surface area contributed by atoms with Gasteiger partial charge in [-0.25, -0.2) is 14.0 Å². The lowest BCUT2D eigenvalue weighted by molar-refractivity contribution is -0.113. The van der Waals surface area contributed by atoms with Gasteiger partial charge >= 0.3 is 0 Å². The van der Waals surface area contributed by atoms with Crippen LogP contribution in [0.1, 0.15) is 0 Å². The fourth-order valence-corrected chi connectivity index (χ4v) is 3.98. The molecule has 3 heterocycles. The lowest BCUT2D eigenvalue weighted by Gasteiger charge is -2.06. The van der Waals surface area contributed by atoms with Gasteiger partial charge in [0, 0.05) is 5.02 Å². The fourth-order valence-electron chi connectivity index (χ4n) is 2.44. The molecule has 0 bridgehead atoms. The summed E-state index contributed by atoms with van der Waals surface area (Å²) in [4.78, 5) is 25.1. The van der Waals surface area contributed by atoms with Gasteiger partial charge in [0.25, 0.3) is 5.56 Å². The van der Waals surface area contributed by atoms with Crippen LogP contribution in [0.4, 0.5) is 10.1 Å². The number of hydrogen-bond donors (Lipinski definition) is 2. The van der Waals surface area contributed by atoms with E-state index in [-0.39, 0.29) is 22.0 Å². The van der Waals surface area contributed by atoms with Crippen LogP contribution in [0.3, 0.4) is 0 Å². The molecule has 0 aliphatic carbocycles. The number of fused-ring (bicyclic) bond motifs is 1. The Morgan fingerprint density at radius 1 is 1.36 bits per heavy atom. The summed E-state index contributed by atoms with van der Waals surface area (Å²) < 4.78 is 15.2. The Morgan fingerprint density at radius 2 is 2.21 bits per heavy atom. The highest BCUT2D eigenvalue weighted by molar-refractivity contribution is 7.99. The van der Waals surface area contributed by atoms with E-state index >= 15 is 0 Å². The van der Waals surface area contributed by atoms with Crippen LogP contribution in [-0.4, -0.2) is 31.5 Å². The first-order chi connectivity index (χ1) is 13.5. The number of aromatic nitrogens is 4. The molecule has 3 aromatic heterocycles. The van der Waals surface area contributed by atoms with E-state index in [0.29, 0.717) is 16.4 Å². The number of nitrogens with one attached hydrogen (secondary N) is 2. The van der Waals surface area contributed by atoms with E-state index in [1.54, 1.807) is 6.07 Å². The second-order valence-corrected chi connectivity index (χ2v) is 7.93. The van der Waals surface area contributed by atoms with Crippen LogP contribution in [0.5, 0.6) is 0 Å². The third-order valence-corrected chi connectivity index (χ3v) is 5.74. The van der Waals surface area contributed by atoms with Crippen molar-refractivity contribution in [3.8, 4) is 10.6 Å². The van der Waals surface area contributed by atoms with Gasteiger partial charge in [-0.1, -0.05) is 29.4 Å². The van der Waals surface area contributed by atoms with Crippen molar-refractivity contribution in [2.45, 2.75) is 5.16 Å². The molecule has 0 aliphatic rings. The molecule has 7 nitrogen and oxygen atoms in total. The molecule has 28 heavy (non-hydrogen) atoms. The van der Waals surface area contributed by atoms with Gasteiger partial charge in [-0.05, 0) is 35.7 Å². The minimum Gasteiger partial charge on any atom is -0.323 e. The van der Waals surface area contributed by atoms with Crippen molar-refractivity contribution in [2.75, 3.05) is 11.1 Å². The number of rotatable bonds is 5. The molecule has 0 unspecified atom stereocenters. The van der Waals surface area contributed by atoms with Gasteiger partial charge in [-0.2, -0.15) is 5.10 Å². The molecule has 4 rings (SSSR count). The number of anilines is 1. The Bertz CT molecular complexity index is 1220. The Kier molecular flexibility index (Phi) is 5.16. The van der Waals surface area contributed by atoms with E-state index in [0.717, 1.165) is 22.7 Å². The Balaban J connectivity index is 1.54. The topological polar surface area (TPSA) is 92.2 Å². The minimum absolute atomic E-state index is 0.0358. The highest BCUT2D eigenvalue weighted by Crippen LogP contribution is 2.25. The van der Waals surface area contributed by atoms with E-state index in [2.05, 4.69) is 20.6 Å². The van der Waals surface area contributed by atoms with Crippen molar-refractivity contribution in [3.63, 3.8) is 0 Å². The zero-order valence-electron chi connectivity index (χ0n) is 14.0. The third kappa shape index (κ3) is 3.79. The lowest BCUT2D eigenvalue weighted by atomic mass is 10.3. The molecule has 4 aromatic rings. The molecule has 142 valence electrons. The van der Waals surface area contributed by atoms with Crippen LogP contribution in [0.2, 0.25) is 5.02 Å². The Labute approximate surface area is 170 Å². The molecule has 1 aromatic carbocycles. The van der Waals surface area contributed by atoms with E-state index in [1.165, 1.54) is 28.0 Å². The molecule has 0 spiro atoms. The number of thioether (sulfide) groups is 1. The van der Waals surface area contributed by atoms with Gasteiger partial charge in [-0.3, -0.25) is 9.59 Å². The van der Waals surface area contributed by atoms with Crippen molar-refractivity contribution in [1.29, 1.82) is 0 Å². The standard InChI is InChI=1S/C17H11ClFN5O2S2/c18-9-3-4-11(10(19)6-9)20-15(25)8-28-17-22-21-16(26)13-7-12(23-24(13)17)14-2-1-5-27-14/h1-7H,8H2,(H,20,25)(H,21,26). The van der Waals surface area contributed by atoms with Crippen LogP contribution >= 0.6 is 34.7 Å². The van der Waals surface area contributed by atoms with Gasteiger partial charge in [0.15, 0.2) is 0 Å². The van der Waals surface area contributed by atoms with Crippen molar-refractivity contribution >= 4 is 51.8 Å². The number of halogens is 2. The summed E-state index contributed by atoms with van der Waals surface area (Å²) in [5, 5.41) is 15.8. The molecular formula is C17H11ClFN5O2S2. The smallest absolute Gasteiger partial charge is 0.290 e. The summed E-state index contributed by atoms with van der Waals surface area (Å²) in [6.07, 6.45) is 0. The van der Waals surface area contributed by atoms with Crippen LogP contribution in [-0.2, 0) is 4.79 Å². The quantitative estimate of drug-likeness (QED) is 0.466. The Morgan fingerprint density at radius 3 is 2.96 bits per heavy atom. The number of H-pyrrole nitrogens is 1. The van der Waals surface area contributed by atoms with E-state index in [9.17, 15) is 14.0 Å². The summed E-state index contributed by atoms with van der Waals surface area (Å²) in [6, 6.07) is 9.44. The van der Waals surface area contributed by atoms with Crippen molar-refractivity contribution in [3.05, 3.63) is 63.0 Å². The van der Waals surface area contributed by atoms with E-state index < -0.39 is 11.7 Å². The first-order valence-electron chi connectivity index (χ1n) is 7.91. The van der Waals surface area contributed by atoms with Crippen LogP contribution in [0.15, 0.2) is 51.7 Å². The molecule has 2 N–H and O–H groups in total. The largest absolute Gasteiger partial charge is 0.323 e. The summed E-state index contributed by atoms with van der Waals surface area (Å²) in [5.74, 6) is -1.11. The van der Waals surface area contributed by atoms with Crippen molar-refractivity contribution < 1.29 is 9.18 Å². The summed E-state index contributed by atoms with van der Waals surface area (Å²) in [7, 11) is 0. The molecule has 0 saturated heterocycles. The first-order valence-corrected chi connectivity index (χ1v) is 10.2. The summed E-state index contributed by atoms with van der Waals surface area (Å²) in [5.41, 5.74) is 0.620. The number of amides is 1. The number of carbonyl (C=O) groups excluding carboxylic acids is 1. The monoisotopic (exact) mass is 435 g/mol. The molecule has 0 aliphatic heterocycles. The summed E-state index contributed by atoms with van der Waals surface area (Å²) in [6.45, 7) is 0. The SMILES string of the molecule is O=C(CSc1n[nH]c(=O)c2cc(-c3cccs3)nn12)Nc1ccc(Cl)cc1F. The second-order valence-electron chi connectivity index (χ2n) is 5.60. The van der Waals surface area contributed by atoms with Gasteiger partial charge in [0.2, 0.25) is 11.1 Å². The number of aromatic amines is 1. The highest BCUT2D eigenvalue weighted by Gasteiger charge is 2.15. The predicted molar refractivity (Wildman–Crippen MR) is 108 cm³/mol. The molecular weight excluding hydrogens is 425 g/mol. The maximum absolute atomic E-state index is 13.8. The zero-order chi connectivity index (χ0) is 19.7. The summed E-state index contributed by atoms with van der Waals surface area (Å²) >= 11 is 8.27. The van der Waals surface area contributed by atoms with E-state index in [4.69, 9.17) is 11.6 Å². The second kappa shape index (κ2) is 7.74. The third-order valence-electron chi connectivity index (χ3n) is 3.69.